The number of methoxy groups -OCH3 is 2. The summed E-state index contributed by atoms with van der Waals surface area (Å²) in [6, 6.07) is 13.6. The van der Waals surface area contributed by atoms with Crippen molar-refractivity contribution in [3.63, 3.8) is 0 Å². The van der Waals surface area contributed by atoms with Gasteiger partial charge in [0.1, 0.15) is 5.76 Å². The van der Waals surface area contributed by atoms with Crippen molar-refractivity contribution >= 4 is 17.4 Å². The van der Waals surface area contributed by atoms with E-state index in [1.165, 1.54) is 70.6 Å². The minimum Gasteiger partial charge on any atom is -0.507 e. The number of benzene rings is 2. The third-order valence-corrected chi connectivity index (χ3v) is 8.06. The second-order valence-electron chi connectivity index (χ2n) is 11.1. The number of aliphatic hydroxyl groups is 1. The van der Waals surface area contributed by atoms with Crippen molar-refractivity contribution in [3.05, 3.63) is 65.2 Å². The summed E-state index contributed by atoms with van der Waals surface area (Å²) in [6.07, 6.45) is 17.5. The SMILES string of the molecule is CCCCCCCCCCCCCCCCN1C(=O)C(=O)/C(=C(/O)c2ccccc2)C1c1ccc(OC)c(OC)c1. The van der Waals surface area contributed by atoms with Crippen molar-refractivity contribution < 1.29 is 24.2 Å². The Balaban J connectivity index is 1.59. The van der Waals surface area contributed by atoms with Crippen LogP contribution < -0.4 is 9.47 Å². The molecule has 1 aliphatic heterocycles. The number of carbonyl (C=O) groups is 2. The highest BCUT2D eigenvalue weighted by Crippen LogP contribution is 2.42. The van der Waals surface area contributed by atoms with E-state index in [9.17, 15) is 14.7 Å². The summed E-state index contributed by atoms with van der Waals surface area (Å²) in [5.74, 6) is -0.323. The molecule has 0 radical (unpaired) electrons. The Morgan fingerprint density at radius 2 is 1.27 bits per heavy atom. The molecule has 1 saturated heterocycles. The van der Waals surface area contributed by atoms with Crippen LogP contribution in [0, 0.1) is 0 Å². The number of ether oxygens (including phenoxy) is 2. The van der Waals surface area contributed by atoms with Gasteiger partial charge in [-0.25, -0.2) is 0 Å². The Bertz CT molecular complexity index is 1130. The van der Waals surface area contributed by atoms with Gasteiger partial charge in [-0.15, -0.1) is 0 Å². The molecule has 6 heteroatoms. The normalized spacial score (nSPS) is 16.4. The maximum Gasteiger partial charge on any atom is 0.295 e. The first-order valence-electron chi connectivity index (χ1n) is 15.6. The standard InChI is InChI=1S/C35H49NO5/c1-4-5-6-7-8-9-10-11-12-13-14-15-16-20-25-36-32(28-23-24-29(40-2)30(26-28)41-3)31(34(38)35(36)39)33(37)27-21-18-17-19-22-27/h17-19,21-24,26,32,37H,4-16,20,25H2,1-3H3/b33-31+. The van der Waals surface area contributed by atoms with E-state index >= 15 is 0 Å². The van der Waals surface area contributed by atoms with Crippen molar-refractivity contribution in [2.45, 2.75) is 103 Å². The molecule has 1 fully saturated rings. The zero-order chi connectivity index (χ0) is 29.5. The first-order chi connectivity index (χ1) is 20.0. The van der Waals surface area contributed by atoms with Gasteiger partial charge in [-0.3, -0.25) is 9.59 Å². The van der Waals surface area contributed by atoms with Crippen LogP contribution in [0.3, 0.4) is 0 Å². The highest BCUT2D eigenvalue weighted by molar-refractivity contribution is 6.46. The molecule has 0 spiro atoms. The predicted octanol–water partition coefficient (Wildman–Crippen LogP) is 8.61. The van der Waals surface area contributed by atoms with Crippen LogP contribution in [-0.2, 0) is 9.59 Å². The maximum atomic E-state index is 13.3. The fraction of sp³-hybridized carbons (Fsp3) is 0.543. The molecule has 6 nitrogen and oxygen atoms in total. The van der Waals surface area contributed by atoms with Crippen LogP contribution in [0.15, 0.2) is 54.1 Å². The first kappa shape index (κ1) is 32.2. The molecule has 1 amide bonds. The summed E-state index contributed by atoms with van der Waals surface area (Å²) in [6.45, 7) is 2.71. The van der Waals surface area contributed by atoms with E-state index < -0.39 is 17.7 Å². The number of hydrogen-bond acceptors (Lipinski definition) is 5. The van der Waals surface area contributed by atoms with Crippen LogP contribution in [-0.4, -0.2) is 42.5 Å². The predicted molar refractivity (Wildman–Crippen MR) is 165 cm³/mol. The Morgan fingerprint density at radius 3 is 1.80 bits per heavy atom. The van der Waals surface area contributed by atoms with Gasteiger partial charge in [0.2, 0.25) is 0 Å². The fourth-order valence-corrected chi connectivity index (χ4v) is 5.71. The minimum absolute atomic E-state index is 0.110. The lowest BCUT2D eigenvalue weighted by Crippen LogP contribution is -2.30. The Hall–Kier alpha value is -3.28. The van der Waals surface area contributed by atoms with Gasteiger partial charge in [0, 0.05) is 12.1 Å². The van der Waals surface area contributed by atoms with Crippen LogP contribution in [0.5, 0.6) is 11.5 Å². The molecule has 2 aromatic rings. The van der Waals surface area contributed by atoms with E-state index in [2.05, 4.69) is 6.92 Å². The molecule has 41 heavy (non-hydrogen) atoms. The second kappa shape index (κ2) is 17.5. The molecule has 1 unspecified atom stereocenters. The summed E-state index contributed by atoms with van der Waals surface area (Å²) in [5, 5.41) is 11.2. The average molecular weight is 564 g/mol. The molecule has 0 bridgehead atoms. The highest BCUT2D eigenvalue weighted by Gasteiger charge is 2.46. The maximum absolute atomic E-state index is 13.3. The largest absolute Gasteiger partial charge is 0.507 e. The summed E-state index contributed by atoms with van der Waals surface area (Å²) < 4.78 is 10.9. The molecule has 0 saturated carbocycles. The number of unbranched alkanes of at least 4 members (excludes halogenated alkanes) is 13. The lowest BCUT2D eigenvalue weighted by molar-refractivity contribution is -0.139. The van der Waals surface area contributed by atoms with Crippen molar-refractivity contribution in [2.75, 3.05) is 20.8 Å². The van der Waals surface area contributed by atoms with Crippen molar-refractivity contribution in [1.82, 2.24) is 4.90 Å². The smallest absolute Gasteiger partial charge is 0.295 e. The summed E-state index contributed by atoms with van der Waals surface area (Å²) >= 11 is 0. The lowest BCUT2D eigenvalue weighted by Gasteiger charge is -2.26. The van der Waals surface area contributed by atoms with E-state index in [0.29, 0.717) is 29.2 Å². The van der Waals surface area contributed by atoms with Gasteiger partial charge in [-0.1, -0.05) is 127 Å². The molecule has 1 atom stereocenters. The molecule has 1 aliphatic rings. The third kappa shape index (κ3) is 9.11. The van der Waals surface area contributed by atoms with Gasteiger partial charge >= 0.3 is 0 Å². The van der Waals surface area contributed by atoms with E-state index in [1.807, 2.05) is 12.1 Å². The van der Waals surface area contributed by atoms with Crippen molar-refractivity contribution in [2.24, 2.45) is 0 Å². The average Bonchev–Trinajstić information content (AvgIpc) is 3.25. The molecule has 2 aromatic carbocycles. The van der Waals surface area contributed by atoms with E-state index in [4.69, 9.17) is 9.47 Å². The number of nitrogens with zero attached hydrogens (tertiary/aromatic N) is 1. The number of likely N-dealkylation sites (tertiary alicyclic amines) is 1. The Kier molecular flexibility index (Phi) is 13.8. The molecule has 1 heterocycles. The van der Waals surface area contributed by atoms with Crippen LogP contribution >= 0.6 is 0 Å². The van der Waals surface area contributed by atoms with Crippen LogP contribution in [0.2, 0.25) is 0 Å². The van der Waals surface area contributed by atoms with Crippen LogP contribution in [0.4, 0.5) is 0 Å². The molecule has 0 aliphatic carbocycles. The fourth-order valence-electron chi connectivity index (χ4n) is 5.71. The first-order valence-corrected chi connectivity index (χ1v) is 15.6. The van der Waals surface area contributed by atoms with Gasteiger partial charge in [-0.05, 0) is 24.1 Å². The third-order valence-electron chi connectivity index (χ3n) is 8.06. The van der Waals surface area contributed by atoms with Crippen molar-refractivity contribution in [3.8, 4) is 11.5 Å². The van der Waals surface area contributed by atoms with Gasteiger partial charge in [0.05, 0.1) is 25.8 Å². The van der Waals surface area contributed by atoms with E-state index in [1.54, 1.807) is 55.5 Å². The number of carbonyl (C=O) groups excluding carboxylic acids is 2. The Morgan fingerprint density at radius 1 is 0.732 bits per heavy atom. The monoisotopic (exact) mass is 563 g/mol. The molecule has 1 N–H and O–H groups in total. The van der Waals surface area contributed by atoms with E-state index in [0.717, 1.165) is 19.3 Å². The quantitative estimate of drug-likeness (QED) is 0.0801. The molecular formula is C35H49NO5. The lowest BCUT2D eigenvalue weighted by atomic mass is 9.95. The number of ketones is 1. The molecule has 224 valence electrons. The van der Waals surface area contributed by atoms with Gasteiger partial charge in [0.25, 0.3) is 11.7 Å². The Labute approximate surface area is 246 Å². The number of Topliss-reactive ketones (excluding diaryl/α,β-unsaturated/α-hetero) is 1. The highest BCUT2D eigenvalue weighted by atomic mass is 16.5. The molecular weight excluding hydrogens is 514 g/mol. The van der Waals surface area contributed by atoms with Crippen molar-refractivity contribution in [1.29, 1.82) is 0 Å². The zero-order valence-electron chi connectivity index (χ0n) is 25.3. The zero-order valence-corrected chi connectivity index (χ0v) is 25.3. The van der Waals surface area contributed by atoms with Crippen LogP contribution in [0.25, 0.3) is 5.76 Å². The molecule has 3 rings (SSSR count). The van der Waals surface area contributed by atoms with E-state index in [-0.39, 0.29) is 11.3 Å². The molecule has 0 aromatic heterocycles. The number of hydrogen-bond donors (Lipinski definition) is 1. The topological polar surface area (TPSA) is 76.1 Å². The summed E-state index contributed by atoms with van der Waals surface area (Å²) in [4.78, 5) is 28.1. The number of aliphatic hydroxyl groups excluding tert-OH is 1. The van der Waals surface area contributed by atoms with Crippen LogP contribution in [0.1, 0.15) is 114 Å². The summed E-state index contributed by atoms with van der Waals surface area (Å²) in [5.41, 5.74) is 1.32. The van der Waals surface area contributed by atoms with Gasteiger partial charge < -0.3 is 19.5 Å². The number of rotatable bonds is 19. The van der Waals surface area contributed by atoms with Gasteiger partial charge in [0.15, 0.2) is 11.5 Å². The minimum atomic E-state index is -0.697. The summed E-state index contributed by atoms with van der Waals surface area (Å²) in [7, 11) is 3.12. The second-order valence-corrected chi connectivity index (χ2v) is 11.1. The van der Waals surface area contributed by atoms with Gasteiger partial charge in [-0.2, -0.15) is 0 Å². The number of amides is 1.